The number of rotatable bonds is 7. The van der Waals surface area contributed by atoms with Gasteiger partial charge >= 0.3 is 6.09 Å². The highest BCUT2D eigenvalue weighted by molar-refractivity contribution is 5.64. The van der Waals surface area contributed by atoms with Crippen molar-refractivity contribution in [3.63, 3.8) is 0 Å². The van der Waals surface area contributed by atoms with Crippen molar-refractivity contribution in [1.29, 1.82) is 0 Å². The summed E-state index contributed by atoms with van der Waals surface area (Å²) in [7, 11) is 0. The van der Waals surface area contributed by atoms with Crippen LogP contribution >= 0.6 is 0 Å². The average Bonchev–Trinajstić information content (AvgIpc) is 2.17. The Morgan fingerprint density at radius 2 is 1.73 bits per heavy atom. The van der Waals surface area contributed by atoms with Crippen molar-refractivity contribution in [1.82, 2.24) is 5.32 Å². The van der Waals surface area contributed by atoms with E-state index in [1.165, 1.54) is 0 Å². The molecule has 0 radical (unpaired) electrons. The topological polar surface area (TPSA) is 67.8 Å². The third kappa shape index (κ3) is 8.63. The molecule has 0 bridgehead atoms. The second-order valence-corrected chi connectivity index (χ2v) is 2.58. The van der Waals surface area contributed by atoms with Gasteiger partial charge in [-0.2, -0.15) is 0 Å². The molecule has 0 aromatic carbocycles. The minimum atomic E-state index is -1.14. The largest absolute Gasteiger partial charge is 0.465 e. The van der Waals surface area contributed by atoms with Gasteiger partial charge in [0.15, 0.2) is 0 Å². The number of carboxylic acid groups (broad SMARTS) is 1. The number of nitrogens with one attached hydrogen (secondary N) is 1. The summed E-state index contributed by atoms with van der Waals surface area (Å²) in [5.74, 6) is 4.55. The highest BCUT2D eigenvalue weighted by atomic mass is 16.5. The molecule has 1 amide bonds. The van der Waals surface area contributed by atoms with Gasteiger partial charge < -0.3 is 19.9 Å². The monoisotopic (exact) mass is 211 g/mol. The van der Waals surface area contributed by atoms with Crippen molar-refractivity contribution in [2.75, 3.05) is 26.4 Å². The van der Waals surface area contributed by atoms with Crippen molar-refractivity contribution in [3.05, 3.63) is 0 Å². The second kappa shape index (κ2) is 8.89. The van der Waals surface area contributed by atoms with E-state index in [1.54, 1.807) is 0 Å². The van der Waals surface area contributed by atoms with Crippen molar-refractivity contribution >= 4 is 6.09 Å². The van der Waals surface area contributed by atoms with Gasteiger partial charge in [-0.15, -0.1) is 12.8 Å². The molecule has 0 aliphatic heterocycles. The van der Waals surface area contributed by atoms with E-state index < -0.39 is 12.1 Å². The van der Waals surface area contributed by atoms with Crippen LogP contribution in [-0.2, 0) is 9.47 Å². The highest BCUT2D eigenvalue weighted by Gasteiger charge is 2.11. The molecule has 5 nitrogen and oxygen atoms in total. The molecule has 0 unspecified atom stereocenters. The predicted octanol–water partition coefficient (Wildman–Crippen LogP) is -0.0778. The Morgan fingerprint density at radius 1 is 1.27 bits per heavy atom. The maximum absolute atomic E-state index is 10.4. The van der Waals surface area contributed by atoms with E-state index >= 15 is 0 Å². The number of ether oxygens (including phenoxy) is 2. The van der Waals surface area contributed by atoms with Gasteiger partial charge in [-0.05, 0) is 0 Å². The van der Waals surface area contributed by atoms with Gasteiger partial charge in [-0.3, -0.25) is 0 Å². The van der Waals surface area contributed by atoms with Crippen LogP contribution in [0.5, 0.6) is 0 Å². The maximum Gasteiger partial charge on any atom is 0.405 e. The SMILES string of the molecule is C#CCOCC(COCC#C)NC(=O)O. The van der Waals surface area contributed by atoms with Crippen LogP contribution in [0.3, 0.4) is 0 Å². The number of amides is 1. The summed E-state index contributed by atoms with van der Waals surface area (Å²) in [6, 6.07) is -0.468. The molecule has 0 atom stereocenters. The summed E-state index contributed by atoms with van der Waals surface area (Å²) in [6.07, 6.45) is 8.79. The van der Waals surface area contributed by atoms with Crippen molar-refractivity contribution in [2.24, 2.45) is 0 Å². The van der Waals surface area contributed by atoms with Crippen LogP contribution in [0.25, 0.3) is 0 Å². The maximum atomic E-state index is 10.4. The highest BCUT2D eigenvalue weighted by Crippen LogP contribution is 1.89. The normalized spacial score (nSPS) is 9.27. The van der Waals surface area contributed by atoms with Gasteiger partial charge in [0.2, 0.25) is 0 Å². The van der Waals surface area contributed by atoms with Crippen LogP contribution in [0.1, 0.15) is 0 Å². The summed E-state index contributed by atoms with van der Waals surface area (Å²) < 4.78 is 9.97. The molecule has 82 valence electrons. The van der Waals surface area contributed by atoms with Gasteiger partial charge in [0.25, 0.3) is 0 Å². The second-order valence-electron chi connectivity index (χ2n) is 2.58. The first-order chi connectivity index (χ1) is 7.20. The smallest absolute Gasteiger partial charge is 0.405 e. The molecule has 0 saturated heterocycles. The van der Waals surface area contributed by atoms with Crippen molar-refractivity contribution in [3.8, 4) is 24.7 Å². The number of hydrogen-bond donors (Lipinski definition) is 2. The minimum Gasteiger partial charge on any atom is -0.465 e. The molecule has 0 aliphatic carbocycles. The van der Waals surface area contributed by atoms with E-state index in [-0.39, 0.29) is 26.4 Å². The summed E-state index contributed by atoms with van der Waals surface area (Å²) in [6.45, 7) is 0.571. The van der Waals surface area contributed by atoms with Crippen LogP contribution in [0.4, 0.5) is 4.79 Å². The van der Waals surface area contributed by atoms with Crippen molar-refractivity contribution in [2.45, 2.75) is 6.04 Å². The van der Waals surface area contributed by atoms with E-state index in [9.17, 15) is 4.79 Å². The Kier molecular flexibility index (Phi) is 7.89. The molecule has 15 heavy (non-hydrogen) atoms. The van der Waals surface area contributed by atoms with Crippen LogP contribution in [-0.4, -0.2) is 43.7 Å². The third-order valence-electron chi connectivity index (χ3n) is 1.34. The molecule has 0 rings (SSSR count). The van der Waals surface area contributed by atoms with E-state index in [1.807, 2.05) is 0 Å². The van der Waals surface area contributed by atoms with Gasteiger partial charge in [0.1, 0.15) is 13.2 Å². The first kappa shape index (κ1) is 13.3. The van der Waals surface area contributed by atoms with Crippen LogP contribution in [0.2, 0.25) is 0 Å². The van der Waals surface area contributed by atoms with E-state index in [0.29, 0.717) is 0 Å². The Hall–Kier alpha value is -1.69. The van der Waals surface area contributed by atoms with E-state index in [0.717, 1.165) is 0 Å². The molecule has 0 spiro atoms. The zero-order valence-corrected chi connectivity index (χ0v) is 8.23. The zero-order chi connectivity index (χ0) is 11.5. The molecule has 0 aromatic rings. The molecular weight excluding hydrogens is 198 g/mol. The van der Waals surface area contributed by atoms with Gasteiger partial charge in [-0.25, -0.2) is 4.79 Å². The molecule has 0 saturated carbocycles. The molecule has 0 heterocycles. The van der Waals surface area contributed by atoms with Crippen LogP contribution in [0, 0.1) is 24.7 Å². The van der Waals surface area contributed by atoms with Crippen LogP contribution < -0.4 is 5.32 Å². The first-order valence-electron chi connectivity index (χ1n) is 4.22. The summed E-state index contributed by atoms with van der Waals surface area (Å²) in [5, 5.41) is 10.7. The molecule has 0 aromatic heterocycles. The Balaban J connectivity index is 3.80. The van der Waals surface area contributed by atoms with Crippen molar-refractivity contribution < 1.29 is 19.4 Å². The minimum absolute atomic E-state index is 0.132. The lowest BCUT2D eigenvalue weighted by Gasteiger charge is -2.15. The van der Waals surface area contributed by atoms with Gasteiger partial charge in [0.05, 0.1) is 19.3 Å². The summed E-state index contributed by atoms with van der Waals surface area (Å²) in [5.41, 5.74) is 0. The number of hydrogen-bond acceptors (Lipinski definition) is 3. The standard InChI is InChI=1S/C10H13NO4/c1-3-5-14-7-9(11-10(12)13)8-15-6-4-2/h1-2,9,11H,5-8H2,(H,12,13). The molecule has 2 N–H and O–H groups in total. The Bertz CT molecular complexity index is 244. The fourth-order valence-corrected chi connectivity index (χ4v) is 0.826. The van der Waals surface area contributed by atoms with E-state index in [2.05, 4.69) is 17.2 Å². The zero-order valence-electron chi connectivity index (χ0n) is 8.23. The molecular formula is C10H13NO4. The fourth-order valence-electron chi connectivity index (χ4n) is 0.826. The Labute approximate surface area is 88.8 Å². The quantitative estimate of drug-likeness (QED) is 0.456. The Morgan fingerprint density at radius 3 is 2.07 bits per heavy atom. The van der Waals surface area contributed by atoms with Crippen LogP contribution in [0.15, 0.2) is 0 Å². The number of carbonyl (C=O) groups is 1. The van der Waals surface area contributed by atoms with Gasteiger partial charge in [-0.1, -0.05) is 11.8 Å². The first-order valence-corrected chi connectivity index (χ1v) is 4.22. The lowest BCUT2D eigenvalue weighted by atomic mass is 10.3. The molecule has 5 heteroatoms. The third-order valence-corrected chi connectivity index (χ3v) is 1.34. The average molecular weight is 211 g/mol. The molecule has 0 fully saturated rings. The lowest BCUT2D eigenvalue weighted by molar-refractivity contribution is 0.0780. The van der Waals surface area contributed by atoms with E-state index in [4.69, 9.17) is 27.4 Å². The lowest BCUT2D eigenvalue weighted by Crippen LogP contribution is -2.40. The molecule has 0 aliphatic rings. The predicted molar refractivity (Wildman–Crippen MR) is 54.3 cm³/mol. The number of terminal acetylenes is 2. The fraction of sp³-hybridized carbons (Fsp3) is 0.500. The summed E-state index contributed by atoms with van der Waals surface area (Å²) >= 11 is 0. The van der Waals surface area contributed by atoms with Gasteiger partial charge in [0, 0.05) is 0 Å². The summed E-state index contributed by atoms with van der Waals surface area (Å²) in [4.78, 5) is 10.4.